The van der Waals surface area contributed by atoms with E-state index in [1.165, 1.54) is 10.4 Å². The van der Waals surface area contributed by atoms with Crippen LogP contribution in [0.1, 0.15) is 11.1 Å². The highest BCUT2D eigenvalue weighted by molar-refractivity contribution is 5.91. The first-order chi connectivity index (χ1) is 14.7. The number of rotatable bonds is 7. The molecule has 0 aliphatic rings. The van der Waals surface area contributed by atoms with E-state index in [9.17, 15) is 4.79 Å². The maximum atomic E-state index is 12.6. The lowest BCUT2D eigenvalue weighted by molar-refractivity contribution is -0.117. The minimum atomic E-state index is -0.217. The number of ether oxygens (including phenoxy) is 1. The number of methoxy groups -OCH3 is 1. The van der Waals surface area contributed by atoms with E-state index in [1.54, 1.807) is 7.11 Å². The quantitative estimate of drug-likeness (QED) is 0.514. The number of carbonyl (C=O) groups is 1. The predicted octanol–water partition coefficient (Wildman–Crippen LogP) is 3.58. The molecule has 3 aromatic carbocycles. The largest absolute Gasteiger partial charge is 0.497 e. The molecule has 4 aromatic rings. The van der Waals surface area contributed by atoms with Gasteiger partial charge < -0.3 is 10.1 Å². The van der Waals surface area contributed by atoms with E-state index in [0.29, 0.717) is 11.6 Å². The van der Waals surface area contributed by atoms with Crippen molar-refractivity contribution in [3.05, 3.63) is 90.0 Å². The van der Waals surface area contributed by atoms with Gasteiger partial charge in [-0.15, -0.1) is 10.2 Å². The molecular formula is C23H21N5O2. The van der Waals surface area contributed by atoms with E-state index in [0.717, 1.165) is 23.2 Å². The maximum absolute atomic E-state index is 12.6. The lowest BCUT2D eigenvalue weighted by Gasteiger charge is -2.11. The molecule has 1 N–H and O–H groups in total. The molecule has 0 unspecified atom stereocenters. The van der Waals surface area contributed by atoms with Crippen LogP contribution in [0.25, 0.3) is 11.4 Å². The van der Waals surface area contributed by atoms with Gasteiger partial charge in [0.15, 0.2) is 0 Å². The Hall–Kier alpha value is -4.00. The average Bonchev–Trinajstić information content (AvgIpc) is 3.24. The topological polar surface area (TPSA) is 81.9 Å². The zero-order chi connectivity index (χ0) is 20.8. The van der Waals surface area contributed by atoms with E-state index in [1.807, 2.05) is 66.7 Å². The molecule has 30 heavy (non-hydrogen) atoms. The first-order valence-corrected chi connectivity index (χ1v) is 9.55. The number of carbonyl (C=O) groups excluding carboxylic acids is 1. The standard InChI is InChI=1S/C23H21N5O2/c1-30-20-12-7-11-19(15-20)23-25-27-28(26-23)16-22(29)24-21-13-6-5-10-18(21)14-17-8-3-2-4-9-17/h2-13,15H,14,16H2,1H3,(H,24,29). The fourth-order valence-electron chi connectivity index (χ4n) is 3.12. The van der Waals surface area contributed by atoms with Crippen LogP contribution in [0.2, 0.25) is 0 Å². The minimum Gasteiger partial charge on any atom is -0.497 e. The highest BCUT2D eigenvalue weighted by Gasteiger charge is 2.12. The van der Waals surface area contributed by atoms with Crippen LogP contribution in [0.5, 0.6) is 5.75 Å². The first-order valence-electron chi connectivity index (χ1n) is 9.55. The van der Waals surface area contributed by atoms with Crippen molar-refractivity contribution in [2.45, 2.75) is 13.0 Å². The molecular weight excluding hydrogens is 378 g/mol. The van der Waals surface area contributed by atoms with Crippen LogP contribution < -0.4 is 10.1 Å². The van der Waals surface area contributed by atoms with Gasteiger partial charge in [0, 0.05) is 11.3 Å². The fraction of sp³-hybridized carbons (Fsp3) is 0.130. The van der Waals surface area contributed by atoms with Gasteiger partial charge in [-0.25, -0.2) is 0 Å². The molecule has 0 radical (unpaired) electrons. The Labute approximate surface area is 174 Å². The smallest absolute Gasteiger partial charge is 0.248 e. The summed E-state index contributed by atoms with van der Waals surface area (Å²) >= 11 is 0. The molecule has 1 heterocycles. The molecule has 0 spiro atoms. The number of anilines is 1. The zero-order valence-electron chi connectivity index (χ0n) is 16.5. The zero-order valence-corrected chi connectivity index (χ0v) is 16.5. The average molecular weight is 399 g/mol. The van der Waals surface area contributed by atoms with E-state index in [2.05, 4.69) is 32.9 Å². The third kappa shape index (κ3) is 4.70. The second-order valence-corrected chi connectivity index (χ2v) is 6.74. The third-order valence-corrected chi connectivity index (χ3v) is 4.59. The van der Waals surface area contributed by atoms with Crippen molar-refractivity contribution in [2.24, 2.45) is 0 Å². The lowest BCUT2D eigenvalue weighted by atomic mass is 10.0. The molecule has 0 atom stereocenters. The minimum absolute atomic E-state index is 0.0311. The SMILES string of the molecule is COc1cccc(-c2nnn(CC(=O)Nc3ccccc3Cc3ccccc3)n2)c1. The number of nitrogens with zero attached hydrogens (tertiary/aromatic N) is 4. The summed E-state index contributed by atoms with van der Waals surface area (Å²) in [7, 11) is 1.60. The molecule has 0 saturated carbocycles. The monoisotopic (exact) mass is 399 g/mol. The van der Waals surface area contributed by atoms with Crippen LogP contribution in [0, 0.1) is 0 Å². The molecule has 0 fully saturated rings. The number of nitrogens with one attached hydrogen (secondary N) is 1. The van der Waals surface area contributed by atoms with Crippen LogP contribution in [0.3, 0.4) is 0 Å². The van der Waals surface area contributed by atoms with Gasteiger partial charge in [0.1, 0.15) is 12.3 Å². The summed E-state index contributed by atoms with van der Waals surface area (Å²) in [5, 5.41) is 15.3. The second kappa shape index (κ2) is 9.00. The number of benzene rings is 3. The van der Waals surface area contributed by atoms with Crippen LogP contribution in [-0.4, -0.2) is 33.2 Å². The summed E-state index contributed by atoms with van der Waals surface area (Å²) in [6.45, 7) is -0.0311. The van der Waals surface area contributed by atoms with Crippen molar-refractivity contribution in [3.63, 3.8) is 0 Å². The Morgan fingerprint density at radius 2 is 1.80 bits per heavy atom. The van der Waals surface area contributed by atoms with Crippen molar-refractivity contribution in [2.75, 3.05) is 12.4 Å². The number of aromatic nitrogens is 4. The number of hydrogen-bond donors (Lipinski definition) is 1. The first kappa shape index (κ1) is 19.3. The number of para-hydroxylation sites is 1. The highest BCUT2D eigenvalue weighted by atomic mass is 16.5. The van der Waals surface area contributed by atoms with Gasteiger partial charge in [-0.05, 0) is 41.0 Å². The van der Waals surface area contributed by atoms with Gasteiger partial charge in [0.25, 0.3) is 0 Å². The highest BCUT2D eigenvalue weighted by Crippen LogP contribution is 2.21. The third-order valence-electron chi connectivity index (χ3n) is 4.59. The summed E-state index contributed by atoms with van der Waals surface area (Å²) in [5.41, 5.74) is 3.77. The number of tetrazole rings is 1. The van der Waals surface area contributed by atoms with E-state index >= 15 is 0 Å². The normalized spacial score (nSPS) is 10.6. The maximum Gasteiger partial charge on any atom is 0.248 e. The van der Waals surface area contributed by atoms with E-state index < -0.39 is 0 Å². The van der Waals surface area contributed by atoms with Gasteiger partial charge in [0.2, 0.25) is 11.7 Å². The Morgan fingerprint density at radius 1 is 1.00 bits per heavy atom. The summed E-state index contributed by atoms with van der Waals surface area (Å²) in [4.78, 5) is 13.9. The van der Waals surface area contributed by atoms with Gasteiger partial charge in [-0.1, -0.05) is 60.7 Å². The lowest BCUT2D eigenvalue weighted by Crippen LogP contribution is -2.21. The Balaban J connectivity index is 1.44. The molecule has 0 aliphatic carbocycles. The van der Waals surface area contributed by atoms with Gasteiger partial charge >= 0.3 is 0 Å². The van der Waals surface area contributed by atoms with Crippen LogP contribution in [0.15, 0.2) is 78.9 Å². The van der Waals surface area contributed by atoms with Gasteiger partial charge in [0.05, 0.1) is 7.11 Å². The van der Waals surface area contributed by atoms with Crippen molar-refractivity contribution in [1.82, 2.24) is 20.2 Å². The summed E-state index contributed by atoms with van der Waals surface area (Å²) in [5.74, 6) is 0.924. The number of amides is 1. The molecule has 0 aliphatic heterocycles. The van der Waals surface area contributed by atoms with E-state index in [4.69, 9.17) is 4.74 Å². The van der Waals surface area contributed by atoms with Gasteiger partial charge in [-0.3, -0.25) is 4.79 Å². The molecule has 0 bridgehead atoms. The predicted molar refractivity (Wildman–Crippen MR) is 114 cm³/mol. The molecule has 150 valence electrons. The Morgan fingerprint density at radius 3 is 2.63 bits per heavy atom. The van der Waals surface area contributed by atoms with Crippen molar-refractivity contribution in [1.29, 1.82) is 0 Å². The van der Waals surface area contributed by atoms with E-state index in [-0.39, 0.29) is 12.5 Å². The number of hydrogen-bond acceptors (Lipinski definition) is 5. The second-order valence-electron chi connectivity index (χ2n) is 6.74. The van der Waals surface area contributed by atoms with Crippen molar-refractivity contribution in [3.8, 4) is 17.1 Å². The molecule has 1 amide bonds. The Kier molecular flexibility index (Phi) is 5.80. The summed E-state index contributed by atoms with van der Waals surface area (Å²) < 4.78 is 5.22. The molecule has 7 heteroatoms. The van der Waals surface area contributed by atoms with Crippen LogP contribution >= 0.6 is 0 Å². The van der Waals surface area contributed by atoms with Crippen LogP contribution in [0.4, 0.5) is 5.69 Å². The Bertz CT molecular complexity index is 1140. The van der Waals surface area contributed by atoms with Gasteiger partial charge in [-0.2, -0.15) is 4.80 Å². The summed E-state index contributed by atoms with van der Waals surface area (Å²) in [6, 6.07) is 25.3. The van der Waals surface area contributed by atoms with Crippen LogP contribution in [-0.2, 0) is 17.8 Å². The molecule has 1 aromatic heterocycles. The van der Waals surface area contributed by atoms with Crippen molar-refractivity contribution >= 4 is 11.6 Å². The molecule has 4 rings (SSSR count). The molecule has 0 saturated heterocycles. The molecule has 7 nitrogen and oxygen atoms in total. The summed E-state index contributed by atoms with van der Waals surface area (Å²) in [6.07, 6.45) is 0.735. The fourth-order valence-corrected chi connectivity index (χ4v) is 3.12. The van der Waals surface area contributed by atoms with Crippen molar-refractivity contribution < 1.29 is 9.53 Å².